The first-order chi connectivity index (χ1) is 23.4. The Kier molecular flexibility index (Phi) is 13.5. The number of hydrogen-bond donors (Lipinski definition) is 11. The van der Waals surface area contributed by atoms with Gasteiger partial charge in [0.1, 0.15) is 73.2 Å². The van der Waals surface area contributed by atoms with E-state index >= 15 is 0 Å². The van der Waals surface area contributed by atoms with E-state index in [4.69, 9.17) is 37.9 Å². The van der Waals surface area contributed by atoms with Crippen molar-refractivity contribution < 1.29 is 103 Å². The second-order valence-corrected chi connectivity index (χ2v) is 12.5. The maximum absolute atomic E-state index is 12.4. The van der Waals surface area contributed by atoms with Gasteiger partial charge in [-0.15, -0.1) is 0 Å². The number of nitrogens with one attached hydrogen (secondary N) is 1. The zero-order valence-electron chi connectivity index (χ0n) is 27.2. The molecule has 0 aliphatic carbocycles. The standard InChI is InChI=1S/C28H45NO21/c1-6-12(33)15(36)22(49-27-18(39)20(45-9(4)32)13(34)7(2)43-27)28(44-6)48-21-16(37)17(38)26(50-23(21)24(40)41)47-19-11(29-8(3)31)25(42)46-10(5-30)14(19)35/h6-7,10-23,25-28,30,33-39,42H,5H2,1-4H3,(H,29,31)(H,40,41)/t6-,7-,10?,11-,12-,13-,14-,15?,16?,17-,18?,19?,20?,21+,22?,23?,25+,26+,27-,28-/m0/s1. The van der Waals surface area contributed by atoms with Crippen molar-refractivity contribution >= 4 is 17.8 Å². The number of carbonyl (C=O) groups is 3. The van der Waals surface area contributed by atoms with Gasteiger partial charge in [-0.25, -0.2) is 4.79 Å². The number of rotatable bonds is 10. The molecule has 4 aliphatic rings. The fourth-order valence-electron chi connectivity index (χ4n) is 6.10. The summed E-state index contributed by atoms with van der Waals surface area (Å²) in [6.07, 6.45) is -33.7. The second kappa shape index (κ2) is 16.6. The maximum atomic E-state index is 12.4. The Labute approximate surface area is 283 Å². The van der Waals surface area contributed by atoms with Crippen LogP contribution in [-0.4, -0.2) is 198 Å². The molecule has 4 rings (SSSR count). The summed E-state index contributed by atoms with van der Waals surface area (Å²) in [6.45, 7) is 3.93. The van der Waals surface area contributed by atoms with Gasteiger partial charge in [0.15, 0.2) is 37.4 Å². The Balaban J connectivity index is 1.57. The predicted molar refractivity (Wildman–Crippen MR) is 153 cm³/mol. The smallest absolute Gasteiger partial charge is 0.335 e. The van der Waals surface area contributed by atoms with E-state index in [2.05, 4.69) is 5.32 Å². The van der Waals surface area contributed by atoms with E-state index in [1.54, 1.807) is 0 Å². The lowest BCUT2D eigenvalue weighted by molar-refractivity contribution is -0.386. The molecule has 288 valence electrons. The van der Waals surface area contributed by atoms with Crippen LogP contribution in [0.5, 0.6) is 0 Å². The minimum absolute atomic E-state index is 0.715. The minimum Gasteiger partial charge on any atom is -0.479 e. The van der Waals surface area contributed by atoms with Gasteiger partial charge in [0, 0.05) is 13.8 Å². The molecule has 0 bridgehead atoms. The number of carbonyl (C=O) groups excluding carboxylic acids is 2. The molecule has 22 heteroatoms. The highest BCUT2D eigenvalue weighted by Crippen LogP contribution is 2.35. The topological polar surface area (TPSA) is 339 Å². The van der Waals surface area contributed by atoms with Crippen molar-refractivity contribution in [3.8, 4) is 0 Å². The third-order valence-corrected chi connectivity index (χ3v) is 8.77. The Morgan fingerprint density at radius 1 is 0.620 bits per heavy atom. The van der Waals surface area contributed by atoms with Gasteiger partial charge in [0.25, 0.3) is 0 Å². The number of aliphatic carboxylic acids is 1. The van der Waals surface area contributed by atoms with Crippen molar-refractivity contribution in [1.29, 1.82) is 0 Å². The predicted octanol–water partition coefficient (Wildman–Crippen LogP) is -6.89. The quantitative estimate of drug-likeness (QED) is 0.0930. The summed E-state index contributed by atoms with van der Waals surface area (Å²) in [7, 11) is 0. The second-order valence-electron chi connectivity index (χ2n) is 12.5. The molecular weight excluding hydrogens is 686 g/mol. The fourth-order valence-corrected chi connectivity index (χ4v) is 6.10. The van der Waals surface area contributed by atoms with Crippen LogP contribution in [0.1, 0.15) is 27.7 Å². The Bertz CT molecular complexity index is 1180. The third kappa shape index (κ3) is 8.52. The molecule has 0 aromatic carbocycles. The van der Waals surface area contributed by atoms with Crippen LogP contribution >= 0.6 is 0 Å². The number of carboxylic acids is 1. The Hall–Kier alpha value is -2.23. The van der Waals surface area contributed by atoms with Crippen LogP contribution in [0.25, 0.3) is 0 Å². The fraction of sp³-hybridized carbons (Fsp3) is 0.893. The number of esters is 1. The average molecular weight is 732 g/mol. The number of carboxylic acid groups (broad SMARTS) is 1. The van der Waals surface area contributed by atoms with E-state index in [1.807, 2.05) is 0 Å². The molecule has 0 radical (unpaired) electrons. The van der Waals surface area contributed by atoms with Gasteiger partial charge < -0.3 is 94.3 Å². The van der Waals surface area contributed by atoms with Gasteiger partial charge in [0.05, 0.1) is 18.8 Å². The number of aliphatic hydroxyl groups is 9. The highest BCUT2D eigenvalue weighted by molar-refractivity contribution is 5.74. The van der Waals surface area contributed by atoms with Crippen LogP contribution in [0.3, 0.4) is 0 Å². The normalized spacial score (nSPS) is 48.4. The summed E-state index contributed by atoms with van der Waals surface area (Å²) >= 11 is 0. The number of ether oxygens (including phenoxy) is 8. The molecule has 8 unspecified atom stereocenters. The van der Waals surface area contributed by atoms with Gasteiger partial charge in [-0.05, 0) is 13.8 Å². The Morgan fingerprint density at radius 3 is 1.74 bits per heavy atom. The molecule has 4 heterocycles. The monoisotopic (exact) mass is 731 g/mol. The van der Waals surface area contributed by atoms with Crippen molar-refractivity contribution in [2.45, 2.75) is 150 Å². The van der Waals surface area contributed by atoms with E-state index in [-0.39, 0.29) is 0 Å². The molecule has 22 nitrogen and oxygen atoms in total. The number of aliphatic hydroxyl groups excluding tert-OH is 9. The van der Waals surface area contributed by atoms with Gasteiger partial charge in [-0.1, -0.05) is 0 Å². The highest BCUT2D eigenvalue weighted by atomic mass is 16.8. The number of hydrogen-bond acceptors (Lipinski definition) is 20. The van der Waals surface area contributed by atoms with Crippen LogP contribution in [0.15, 0.2) is 0 Å². The first kappa shape index (κ1) is 40.5. The Morgan fingerprint density at radius 2 is 1.16 bits per heavy atom. The molecule has 20 atom stereocenters. The van der Waals surface area contributed by atoms with Crippen molar-refractivity contribution in [2.75, 3.05) is 6.61 Å². The molecule has 4 aliphatic heterocycles. The lowest BCUT2D eigenvalue weighted by Gasteiger charge is -2.49. The summed E-state index contributed by atoms with van der Waals surface area (Å²) in [6, 6.07) is -1.53. The average Bonchev–Trinajstić information content (AvgIpc) is 3.04. The van der Waals surface area contributed by atoms with Crippen molar-refractivity contribution in [3.63, 3.8) is 0 Å². The van der Waals surface area contributed by atoms with Crippen molar-refractivity contribution in [1.82, 2.24) is 5.32 Å². The summed E-state index contributed by atoms with van der Waals surface area (Å²) in [4.78, 5) is 35.8. The lowest BCUT2D eigenvalue weighted by atomic mass is 9.95. The molecule has 0 aromatic rings. The van der Waals surface area contributed by atoms with E-state index in [0.717, 1.165) is 13.8 Å². The zero-order valence-corrected chi connectivity index (χ0v) is 27.2. The van der Waals surface area contributed by atoms with Gasteiger partial charge in [-0.2, -0.15) is 0 Å². The van der Waals surface area contributed by atoms with Crippen LogP contribution in [-0.2, 0) is 52.3 Å². The van der Waals surface area contributed by atoms with Gasteiger partial charge in [0.2, 0.25) is 5.91 Å². The third-order valence-electron chi connectivity index (χ3n) is 8.77. The van der Waals surface area contributed by atoms with Gasteiger partial charge >= 0.3 is 11.9 Å². The molecule has 1 amide bonds. The van der Waals surface area contributed by atoms with Crippen LogP contribution in [0.4, 0.5) is 0 Å². The molecule has 4 fully saturated rings. The summed E-state index contributed by atoms with van der Waals surface area (Å²) < 4.78 is 43.7. The largest absolute Gasteiger partial charge is 0.479 e. The zero-order chi connectivity index (χ0) is 37.4. The first-order valence-electron chi connectivity index (χ1n) is 15.7. The maximum Gasteiger partial charge on any atom is 0.335 e. The van der Waals surface area contributed by atoms with Crippen molar-refractivity contribution in [2.24, 2.45) is 0 Å². The van der Waals surface area contributed by atoms with Crippen LogP contribution in [0, 0.1) is 0 Å². The summed E-state index contributed by atoms with van der Waals surface area (Å²) in [5, 5.41) is 108. The van der Waals surface area contributed by atoms with Crippen LogP contribution < -0.4 is 5.32 Å². The van der Waals surface area contributed by atoms with E-state index in [9.17, 15) is 65.4 Å². The highest BCUT2D eigenvalue weighted by Gasteiger charge is 2.56. The number of amides is 1. The minimum atomic E-state index is -2.20. The summed E-state index contributed by atoms with van der Waals surface area (Å²) in [5.74, 6) is -3.36. The van der Waals surface area contributed by atoms with E-state index in [1.165, 1.54) is 13.8 Å². The molecule has 4 saturated heterocycles. The van der Waals surface area contributed by atoms with Crippen molar-refractivity contribution in [3.05, 3.63) is 0 Å². The summed E-state index contributed by atoms with van der Waals surface area (Å²) in [5.41, 5.74) is 0. The molecule has 11 N–H and O–H groups in total. The SMILES string of the molecule is CC(=O)N[C@H]1C(O[C@@H]2OC(C(=O)O)[C@H](O[C@@H]3O[C@@H](C)[C@H](O)C(O)C3O[C@@H]3O[C@@H](C)[C@H](O)C(OC(C)=O)C3O)C(O)[C@@H]2O)[C@@H](O)C(CO)O[C@H]1O. The van der Waals surface area contributed by atoms with E-state index in [0.29, 0.717) is 0 Å². The molecule has 50 heavy (non-hydrogen) atoms. The first-order valence-corrected chi connectivity index (χ1v) is 15.7. The molecule has 0 spiro atoms. The van der Waals surface area contributed by atoms with E-state index < -0.39 is 147 Å². The van der Waals surface area contributed by atoms with Gasteiger partial charge in [-0.3, -0.25) is 9.59 Å². The van der Waals surface area contributed by atoms with Crippen LogP contribution in [0.2, 0.25) is 0 Å². The molecule has 0 aromatic heterocycles. The molecule has 0 saturated carbocycles. The molecular formula is C28H45NO21. The lowest BCUT2D eigenvalue weighted by Crippen LogP contribution is -2.69.